The molecule has 1 aromatic heterocycles. The molecule has 0 N–H and O–H groups in total. The van der Waals surface area contributed by atoms with Crippen LogP contribution >= 0.6 is 11.6 Å². The van der Waals surface area contributed by atoms with E-state index in [1.165, 1.54) is 24.8 Å². The quantitative estimate of drug-likeness (QED) is 0.778. The van der Waals surface area contributed by atoms with E-state index in [4.69, 9.17) is 11.6 Å². The van der Waals surface area contributed by atoms with Gasteiger partial charge in [0.15, 0.2) is 5.82 Å². The number of nitrogens with zero attached hydrogens (tertiary/aromatic N) is 3. The van der Waals surface area contributed by atoms with Gasteiger partial charge in [-0.15, -0.1) is 21.8 Å². The number of halogens is 1. The van der Waals surface area contributed by atoms with Crippen molar-refractivity contribution in [3.05, 3.63) is 41.5 Å². The van der Waals surface area contributed by atoms with Crippen LogP contribution in [0.15, 0.2) is 24.3 Å². The summed E-state index contributed by atoms with van der Waals surface area (Å²) in [6.45, 7) is 6.68. The van der Waals surface area contributed by atoms with Gasteiger partial charge in [-0.3, -0.25) is 4.57 Å². The fraction of sp³-hybridized carbons (Fsp3) is 0.529. The van der Waals surface area contributed by atoms with Gasteiger partial charge >= 0.3 is 0 Å². The average molecular weight is 304 g/mol. The Morgan fingerprint density at radius 2 is 1.81 bits per heavy atom. The van der Waals surface area contributed by atoms with Crippen LogP contribution in [0.5, 0.6) is 0 Å². The number of alkyl halides is 1. The average Bonchev–Trinajstić information content (AvgIpc) is 2.79. The lowest BCUT2D eigenvalue weighted by molar-refractivity contribution is 0.396. The van der Waals surface area contributed by atoms with Crippen LogP contribution in [0.4, 0.5) is 0 Å². The molecule has 1 aliphatic carbocycles. The fourth-order valence-corrected chi connectivity index (χ4v) is 2.91. The van der Waals surface area contributed by atoms with Crippen molar-refractivity contribution >= 4 is 11.6 Å². The van der Waals surface area contributed by atoms with Gasteiger partial charge in [-0.1, -0.05) is 39.3 Å². The largest absolute Gasteiger partial charge is 0.282 e. The molecule has 21 heavy (non-hydrogen) atoms. The van der Waals surface area contributed by atoms with E-state index < -0.39 is 0 Å². The van der Waals surface area contributed by atoms with Gasteiger partial charge in [0.05, 0.1) is 5.88 Å². The summed E-state index contributed by atoms with van der Waals surface area (Å²) in [5.41, 5.74) is 2.61. The van der Waals surface area contributed by atoms with Crippen molar-refractivity contribution in [2.45, 2.75) is 57.2 Å². The van der Waals surface area contributed by atoms with Gasteiger partial charge in [0.2, 0.25) is 0 Å². The second kappa shape index (κ2) is 5.45. The molecule has 1 saturated carbocycles. The summed E-state index contributed by atoms with van der Waals surface area (Å²) < 4.78 is 2.14. The molecule has 0 saturated heterocycles. The summed E-state index contributed by atoms with van der Waals surface area (Å²) in [4.78, 5) is 0. The number of hydrogen-bond donors (Lipinski definition) is 0. The number of rotatable bonds is 3. The lowest BCUT2D eigenvalue weighted by Crippen LogP contribution is -2.16. The maximum atomic E-state index is 6.04. The van der Waals surface area contributed by atoms with E-state index in [2.05, 4.69) is 59.8 Å². The van der Waals surface area contributed by atoms with E-state index in [1.54, 1.807) is 0 Å². The van der Waals surface area contributed by atoms with Gasteiger partial charge in [0, 0.05) is 11.6 Å². The molecule has 0 spiro atoms. The van der Waals surface area contributed by atoms with Crippen LogP contribution < -0.4 is 0 Å². The van der Waals surface area contributed by atoms with Crippen molar-refractivity contribution in [3.8, 4) is 5.69 Å². The summed E-state index contributed by atoms with van der Waals surface area (Å²) in [6, 6.07) is 8.69. The molecule has 1 fully saturated rings. The highest BCUT2D eigenvalue weighted by Crippen LogP contribution is 2.37. The number of aromatic nitrogens is 3. The molecule has 0 unspecified atom stereocenters. The minimum absolute atomic E-state index is 0.165. The van der Waals surface area contributed by atoms with Crippen molar-refractivity contribution < 1.29 is 0 Å². The first-order valence-corrected chi connectivity index (χ1v) is 8.15. The minimum Gasteiger partial charge on any atom is -0.282 e. The smallest absolute Gasteiger partial charge is 0.152 e. The monoisotopic (exact) mass is 303 g/mol. The zero-order valence-electron chi connectivity index (χ0n) is 12.9. The van der Waals surface area contributed by atoms with E-state index in [9.17, 15) is 0 Å². The normalized spacial score (nSPS) is 16.0. The van der Waals surface area contributed by atoms with Crippen LogP contribution in [0.1, 0.15) is 63.2 Å². The third-order valence-electron chi connectivity index (χ3n) is 4.34. The molecule has 0 aliphatic heterocycles. The molecule has 0 radical (unpaired) electrons. The van der Waals surface area contributed by atoms with Gasteiger partial charge < -0.3 is 0 Å². The first-order valence-electron chi connectivity index (χ1n) is 7.62. The summed E-state index contributed by atoms with van der Waals surface area (Å²) in [7, 11) is 0. The highest BCUT2D eigenvalue weighted by Gasteiger charge is 2.27. The predicted octanol–water partition coefficient (Wildman–Crippen LogP) is 4.57. The van der Waals surface area contributed by atoms with E-state index >= 15 is 0 Å². The van der Waals surface area contributed by atoms with Crippen molar-refractivity contribution in [2.75, 3.05) is 0 Å². The topological polar surface area (TPSA) is 30.7 Å². The molecule has 1 heterocycles. The SMILES string of the molecule is CC(C)(C)c1ccc(-n2c(CCl)nnc2C2CCC2)cc1. The molecule has 112 valence electrons. The molecule has 0 amide bonds. The Kier molecular flexibility index (Phi) is 3.78. The zero-order chi connectivity index (χ0) is 15.0. The predicted molar refractivity (Wildman–Crippen MR) is 86.2 cm³/mol. The first kappa shape index (κ1) is 14.6. The molecule has 3 nitrogen and oxygen atoms in total. The lowest BCUT2D eigenvalue weighted by atomic mass is 9.84. The lowest BCUT2D eigenvalue weighted by Gasteiger charge is -2.25. The summed E-state index contributed by atoms with van der Waals surface area (Å²) >= 11 is 6.04. The maximum Gasteiger partial charge on any atom is 0.152 e. The summed E-state index contributed by atoms with van der Waals surface area (Å²) in [6.07, 6.45) is 3.71. The van der Waals surface area contributed by atoms with E-state index in [-0.39, 0.29) is 5.41 Å². The Balaban J connectivity index is 2.01. The Hall–Kier alpha value is -1.35. The maximum absolute atomic E-state index is 6.04. The highest BCUT2D eigenvalue weighted by atomic mass is 35.5. The van der Waals surface area contributed by atoms with Crippen molar-refractivity contribution in [2.24, 2.45) is 0 Å². The second-order valence-corrected chi connectivity index (χ2v) is 7.14. The van der Waals surface area contributed by atoms with Crippen LogP contribution in [0, 0.1) is 0 Å². The highest BCUT2D eigenvalue weighted by molar-refractivity contribution is 6.16. The van der Waals surface area contributed by atoms with Crippen LogP contribution in [0.3, 0.4) is 0 Å². The van der Waals surface area contributed by atoms with Crippen molar-refractivity contribution in [1.29, 1.82) is 0 Å². The number of benzene rings is 1. The minimum atomic E-state index is 0.165. The van der Waals surface area contributed by atoms with Crippen LogP contribution in [-0.4, -0.2) is 14.8 Å². The Bertz CT molecular complexity index is 618. The Morgan fingerprint density at radius 3 is 2.29 bits per heavy atom. The van der Waals surface area contributed by atoms with E-state index in [0.29, 0.717) is 11.8 Å². The summed E-state index contributed by atoms with van der Waals surface area (Å²) in [5.74, 6) is 2.83. The standard InChI is InChI=1S/C17H22ClN3/c1-17(2,3)13-7-9-14(10-8-13)21-15(11-18)19-20-16(21)12-5-4-6-12/h7-10,12H,4-6,11H2,1-3H3. The van der Waals surface area contributed by atoms with Gasteiger partial charge in [-0.2, -0.15) is 0 Å². The first-order chi connectivity index (χ1) is 10.0. The molecular weight excluding hydrogens is 282 g/mol. The van der Waals surface area contributed by atoms with Gasteiger partial charge in [0.1, 0.15) is 5.82 Å². The molecule has 1 aliphatic rings. The zero-order valence-corrected chi connectivity index (χ0v) is 13.7. The molecular formula is C17H22ClN3. The summed E-state index contributed by atoms with van der Waals surface area (Å²) in [5, 5.41) is 8.65. The Morgan fingerprint density at radius 1 is 1.14 bits per heavy atom. The van der Waals surface area contributed by atoms with Crippen LogP contribution in [-0.2, 0) is 11.3 Å². The van der Waals surface area contributed by atoms with Crippen LogP contribution in [0.2, 0.25) is 0 Å². The fourth-order valence-electron chi connectivity index (χ4n) is 2.74. The third kappa shape index (κ3) is 2.71. The molecule has 0 bridgehead atoms. The van der Waals surface area contributed by atoms with Gasteiger partial charge in [-0.25, -0.2) is 0 Å². The molecule has 1 aromatic carbocycles. The third-order valence-corrected chi connectivity index (χ3v) is 4.58. The second-order valence-electron chi connectivity index (χ2n) is 6.87. The molecule has 3 rings (SSSR count). The van der Waals surface area contributed by atoms with E-state index in [1.807, 2.05) is 0 Å². The van der Waals surface area contributed by atoms with Gasteiger partial charge in [0.25, 0.3) is 0 Å². The van der Waals surface area contributed by atoms with Crippen LogP contribution in [0.25, 0.3) is 5.69 Å². The van der Waals surface area contributed by atoms with E-state index in [0.717, 1.165) is 17.3 Å². The molecule has 0 atom stereocenters. The Labute approximate surface area is 131 Å². The molecule has 4 heteroatoms. The van der Waals surface area contributed by atoms with Crippen molar-refractivity contribution in [3.63, 3.8) is 0 Å². The van der Waals surface area contributed by atoms with Crippen molar-refractivity contribution in [1.82, 2.24) is 14.8 Å². The van der Waals surface area contributed by atoms with Gasteiger partial charge in [-0.05, 0) is 36.0 Å². The molecule has 2 aromatic rings. The number of hydrogen-bond acceptors (Lipinski definition) is 2.